The lowest BCUT2D eigenvalue weighted by Gasteiger charge is -2.19. The molecule has 7 nitrogen and oxygen atoms in total. The van der Waals surface area contributed by atoms with E-state index >= 15 is 0 Å². The molecule has 130 valence electrons. The maximum Gasteiger partial charge on any atom is 0.368 e. The van der Waals surface area contributed by atoms with Crippen LogP contribution in [0.1, 0.15) is 31.4 Å². The minimum absolute atomic E-state index is 0.265. The fourth-order valence-corrected chi connectivity index (χ4v) is 2.62. The van der Waals surface area contributed by atoms with Gasteiger partial charge in [-0.3, -0.25) is 0 Å². The third-order valence-corrected chi connectivity index (χ3v) is 3.77. The summed E-state index contributed by atoms with van der Waals surface area (Å²) in [5, 5.41) is 18.2. The van der Waals surface area contributed by atoms with Gasteiger partial charge in [0.2, 0.25) is 5.65 Å². The highest BCUT2D eigenvalue weighted by atomic mass is 19.1. The summed E-state index contributed by atoms with van der Waals surface area (Å²) < 4.78 is 28.3. The smallest absolute Gasteiger partial charge is 0.360 e. The number of anilines is 1. The van der Waals surface area contributed by atoms with Crippen LogP contribution >= 0.6 is 0 Å². The molecule has 0 fully saturated rings. The quantitative estimate of drug-likeness (QED) is 0.540. The first-order chi connectivity index (χ1) is 12.0. The van der Waals surface area contributed by atoms with E-state index in [1.54, 1.807) is 12.1 Å². The second-order valence-corrected chi connectivity index (χ2v) is 5.51. The summed E-state index contributed by atoms with van der Waals surface area (Å²) in [4.78, 5) is 14.3. The van der Waals surface area contributed by atoms with E-state index in [1.165, 1.54) is 12.1 Å². The predicted molar refractivity (Wildman–Crippen MR) is 87.3 cm³/mol. The van der Waals surface area contributed by atoms with Crippen molar-refractivity contribution in [2.45, 2.75) is 25.8 Å². The van der Waals surface area contributed by atoms with Crippen LogP contribution < -0.4 is 5.32 Å². The van der Waals surface area contributed by atoms with Crippen molar-refractivity contribution >= 4 is 17.3 Å². The Kier molecular flexibility index (Phi) is 4.55. The van der Waals surface area contributed by atoms with Crippen molar-refractivity contribution in [2.24, 2.45) is 0 Å². The average molecular weight is 347 g/mol. The van der Waals surface area contributed by atoms with Crippen molar-refractivity contribution in [3.8, 4) is 0 Å². The molecule has 1 N–H and O–H groups in total. The van der Waals surface area contributed by atoms with Crippen LogP contribution in [0.15, 0.2) is 36.5 Å². The molecule has 2 aromatic heterocycles. The molecule has 25 heavy (non-hydrogen) atoms. The van der Waals surface area contributed by atoms with Crippen molar-refractivity contribution in [3.63, 3.8) is 0 Å². The van der Waals surface area contributed by atoms with Crippen LogP contribution in [0.5, 0.6) is 0 Å². The highest BCUT2D eigenvalue weighted by molar-refractivity contribution is 5.49. The molecule has 0 aliphatic heterocycles. The molecule has 0 aliphatic rings. The molecule has 1 atom stereocenters. The number of nitrogens with zero attached hydrogens (tertiary/aromatic N) is 4. The van der Waals surface area contributed by atoms with Crippen LogP contribution in [0.3, 0.4) is 0 Å². The van der Waals surface area contributed by atoms with E-state index in [0.29, 0.717) is 23.4 Å². The highest BCUT2D eigenvalue weighted by Crippen LogP contribution is 2.26. The number of halogens is 2. The number of benzene rings is 1. The fraction of sp³-hybridized carbons (Fsp3) is 0.250. The summed E-state index contributed by atoms with van der Waals surface area (Å²) in [6.45, 7) is 1.94. The molecule has 0 bridgehead atoms. The Hall–Kier alpha value is -3.10. The van der Waals surface area contributed by atoms with Crippen LogP contribution in [0.4, 0.5) is 20.4 Å². The molecule has 1 aromatic carbocycles. The van der Waals surface area contributed by atoms with Crippen LogP contribution in [0.25, 0.3) is 5.65 Å². The number of imidazole rings is 1. The van der Waals surface area contributed by atoms with Gasteiger partial charge in [0.25, 0.3) is 0 Å². The fourth-order valence-electron chi connectivity index (χ4n) is 2.62. The van der Waals surface area contributed by atoms with Crippen molar-refractivity contribution in [1.82, 2.24) is 14.6 Å². The molecule has 3 rings (SSSR count). The normalized spacial score (nSPS) is 12.3. The summed E-state index contributed by atoms with van der Waals surface area (Å²) >= 11 is 0. The molecule has 9 heteroatoms. The van der Waals surface area contributed by atoms with Crippen LogP contribution in [-0.4, -0.2) is 19.5 Å². The number of rotatable bonds is 6. The Labute approximate surface area is 141 Å². The van der Waals surface area contributed by atoms with Gasteiger partial charge in [-0.1, -0.05) is 29.0 Å². The van der Waals surface area contributed by atoms with Gasteiger partial charge in [-0.15, -0.1) is 0 Å². The molecule has 0 saturated carbocycles. The molecule has 0 amide bonds. The molecular formula is C16H15F2N5O2. The van der Waals surface area contributed by atoms with Gasteiger partial charge in [0.05, 0.1) is 6.04 Å². The van der Waals surface area contributed by atoms with E-state index in [1.807, 2.05) is 6.92 Å². The summed E-state index contributed by atoms with van der Waals surface area (Å²) in [6.07, 6.45) is 2.45. The minimum atomic E-state index is -0.652. The third kappa shape index (κ3) is 3.39. The monoisotopic (exact) mass is 347 g/mol. The molecule has 0 aliphatic carbocycles. The van der Waals surface area contributed by atoms with Crippen LogP contribution in [0, 0.1) is 21.7 Å². The molecule has 2 heterocycles. The Bertz CT molecular complexity index is 928. The third-order valence-electron chi connectivity index (χ3n) is 3.77. The Balaban J connectivity index is 1.95. The Morgan fingerprint density at radius 2 is 2.12 bits per heavy atom. The zero-order chi connectivity index (χ0) is 18.0. The number of nitro groups is 1. The summed E-state index contributed by atoms with van der Waals surface area (Å²) in [6, 6.07) is 6.15. The van der Waals surface area contributed by atoms with Gasteiger partial charge in [0.1, 0.15) is 17.8 Å². The Morgan fingerprint density at radius 3 is 2.80 bits per heavy atom. The number of aromatic nitrogens is 3. The maximum atomic E-state index is 14.1. The summed E-state index contributed by atoms with van der Waals surface area (Å²) in [5.74, 6) is -1.24. The lowest BCUT2D eigenvalue weighted by Crippen LogP contribution is -2.14. The average Bonchev–Trinajstić information content (AvgIpc) is 2.98. The first-order valence-corrected chi connectivity index (χ1v) is 7.70. The van der Waals surface area contributed by atoms with Crippen LogP contribution in [-0.2, 0) is 0 Å². The van der Waals surface area contributed by atoms with E-state index in [2.05, 4.69) is 15.4 Å². The second-order valence-electron chi connectivity index (χ2n) is 5.51. The SMILES string of the molecule is CCCC(Nc1ccc2ncc([N+](=O)[O-])n2n1)c1ccc(F)cc1F. The summed E-state index contributed by atoms with van der Waals surface area (Å²) in [7, 11) is 0. The van der Waals surface area contributed by atoms with Crippen molar-refractivity contribution in [3.05, 3.63) is 63.8 Å². The standard InChI is InChI=1S/C16H15F2N5O2/c1-2-3-13(11-5-4-10(17)8-12(11)18)20-14-6-7-15-19-9-16(23(24)25)22(15)21-14/h4-9,13H,2-3H2,1H3,(H,20,21). The minimum Gasteiger partial charge on any atom is -0.360 e. The molecule has 3 aromatic rings. The second kappa shape index (κ2) is 6.80. The molecule has 0 spiro atoms. The Morgan fingerprint density at radius 1 is 1.32 bits per heavy atom. The van der Waals surface area contributed by atoms with Gasteiger partial charge >= 0.3 is 5.82 Å². The lowest BCUT2D eigenvalue weighted by molar-refractivity contribution is -0.391. The van der Waals surface area contributed by atoms with Gasteiger partial charge in [0, 0.05) is 17.7 Å². The molecule has 0 saturated heterocycles. The first kappa shape index (κ1) is 16.7. The number of hydrogen-bond acceptors (Lipinski definition) is 5. The van der Waals surface area contributed by atoms with Gasteiger partial charge in [0.15, 0.2) is 5.82 Å². The van der Waals surface area contributed by atoms with Crippen molar-refractivity contribution < 1.29 is 13.7 Å². The first-order valence-electron chi connectivity index (χ1n) is 7.70. The zero-order valence-electron chi connectivity index (χ0n) is 13.3. The number of nitrogens with one attached hydrogen (secondary N) is 1. The van der Waals surface area contributed by atoms with Gasteiger partial charge in [-0.25, -0.2) is 13.8 Å². The van der Waals surface area contributed by atoms with E-state index in [9.17, 15) is 18.9 Å². The predicted octanol–water partition coefficient (Wildman–Crippen LogP) is 3.87. The molecule has 0 radical (unpaired) electrons. The van der Waals surface area contributed by atoms with Crippen molar-refractivity contribution in [1.29, 1.82) is 0 Å². The topological polar surface area (TPSA) is 85.4 Å². The molecule has 1 unspecified atom stereocenters. The largest absolute Gasteiger partial charge is 0.368 e. The zero-order valence-corrected chi connectivity index (χ0v) is 13.3. The van der Waals surface area contributed by atoms with Gasteiger partial charge in [-0.05, 0) is 23.5 Å². The van der Waals surface area contributed by atoms with E-state index in [0.717, 1.165) is 23.2 Å². The lowest BCUT2D eigenvalue weighted by atomic mass is 10.0. The van der Waals surface area contributed by atoms with Gasteiger partial charge in [-0.2, -0.15) is 0 Å². The van der Waals surface area contributed by atoms with E-state index in [-0.39, 0.29) is 5.82 Å². The van der Waals surface area contributed by atoms with Gasteiger partial charge < -0.3 is 15.4 Å². The maximum absolute atomic E-state index is 14.1. The molecular weight excluding hydrogens is 332 g/mol. The van der Waals surface area contributed by atoms with Crippen molar-refractivity contribution in [2.75, 3.05) is 5.32 Å². The van der Waals surface area contributed by atoms with E-state index < -0.39 is 22.6 Å². The summed E-state index contributed by atoms with van der Waals surface area (Å²) in [5.41, 5.74) is 0.641. The number of fused-ring (bicyclic) bond motifs is 1. The highest BCUT2D eigenvalue weighted by Gasteiger charge is 2.19. The van der Waals surface area contributed by atoms with Crippen LogP contribution in [0.2, 0.25) is 0 Å². The van der Waals surface area contributed by atoms with E-state index in [4.69, 9.17) is 0 Å². The number of hydrogen-bond donors (Lipinski definition) is 1.